The van der Waals surface area contributed by atoms with Gasteiger partial charge in [-0.05, 0) is 57.8 Å². The van der Waals surface area contributed by atoms with Crippen molar-refractivity contribution >= 4 is 23.8 Å². The van der Waals surface area contributed by atoms with Gasteiger partial charge in [-0.15, -0.1) is 0 Å². The molecule has 2 aliphatic rings. The van der Waals surface area contributed by atoms with Crippen LogP contribution >= 0.6 is 0 Å². The monoisotopic (exact) mass is 478 g/mol. The van der Waals surface area contributed by atoms with Crippen LogP contribution in [0, 0.1) is 0 Å². The van der Waals surface area contributed by atoms with Crippen LogP contribution in [0.15, 0.2) is 12.2 Å². The van der Waals surface area contributed by atoms with Crippen LogP contribution in [0.4, 0.5) is 0 Å². The topological polar surface area (TPSA) is 93.2 Å². The fourth-order valence-electron chi connectivity index (χ4n) is 4.31. The van der Waals surface area contributed by atoms with Crippen molar-refractivity contribution in [1.29, 1.82) is 0 Å². The van der Waals surface area contributed by atoms with Gasteiger partial charge in [0.15, 0.2) is 0 Å². The van der Waals surface area contributed by atoms with Crippen molar-refractivity contribution in [3.8, 4) is 0 Å². The lowest BCUT2D eigenvalue weighted by Gasteiger charge is -2.20. The van der Waals surface area contributed by atoms with Crippen LogP contribution in [-0.4, -0.2) is 72.9 Å². The molecule has 0 spiro atoms. The first-order valence-electron chi connectivity index (χ1n) is 13.1. The third-order valence-corrected chi connectivity index (χ3v) is 6.33. The molecule has 2 amide bonds. The molecule has 0 aromatic heterocycles. The number of likely N-dealkylation sites (tertiary alicyclic amines) is 2. The molecule has 0 aromatic carbocycles. The summed E-state index contributed by atoms with van der Waals surface area (Å²) < 4.78 is 10.2. The lowest BCUT2D eigenvalue weighted by Crippen LogP contribution is -2.31. The van der Waals surface area contributed by atoms with Gasteiger partial charge in [0.1, 0.15) is 0 Å². The highest BCUT2D eigenvalue weighted by Crippen LogP contribution is 2.13. The SMILES string of the molecule is O=C(/C=C\C(=O)OCCCCCCN1CCCC1=O)OCCCCCCN1CCCCCC1=O. The minimum absolute atomic E-state index is 0.261. The van der Waals surface area contributed by atoms with E-state index in [1.165, 1.54) is 0 Å². The zero-order valence-corrected chi connectivity index (χ0v) is 20.6. The first-order valence-corrected chi connectivity index (χ1v) is 13.1. The lowest BCUT2D eigenvalue weighted by atomic mass is 10.2. The number of unbranched alkanes of at least 4 members (excludes halogenated alkanes) is 6. The quantitative estimate of drug-likeness (QED) is 0.190. The Labute approximate surface area is 204 Å². The molecular formula is C26H42N2O6. The third-order valence-electron chi connectivity index (χ3n) is 6.33. The van der Waals surface area contributed by atoms with Gasteiger partial charge in [0.2, 0.25) is 11.8 Å². The molecule has 34 heavy (non-hydrogen) atoms. The van der Waals surface area contributed by atoms with Crippen molar-refractivity contribution in [3.63, 3.8) is 0 Å². The molecule has 0 atom stereocenters. The molecule has 2 rings (SSSR count). The van der Waals surface area contributed by atoms with Crippen LogP contribution in [0.3, 0.4) is 0 Å². The maximum absolute atomic E-state index is 11.9. The fourth-order valence-corrected chi connectivity index (χ4v) is 4.31. The predicted molar refractivity (Wildman–Crippen MR) is 129 cm³/mol. The minimum Gasteiger partial charge on any atom is -0.463 e. The molecule has 0 radical (unpaired) electrons. The van der Waals surface area contributed by atoms with Gasteiger partial charge in [-0.1, -0.05) is 19.3 Å². The average Bonchev–Trinajstić information content (AvgIpc) is 3.12. The van der Waals surface area contributed by atoms with E-state index in [9.17, 15) is 19.2 Å². The van der Waals surface area contributed by atoms with Crippen molar-refractivity contribution in [2.75, 3.05) is 39.4 Å². The zero-order valence-electron chi connectivity index (χ0n) is 20.6. The number of carbonyl (C=O) groups excluding carboxylic acids is 4. The summed E-state index contributed by atoms with van der Waals surface area (Å²) in [5.74, 6) is -0.536. The second-order valence-corrected chi connectivity index (χ2v) is 9.17. The molecule has 2 fully saturated rings. The van der Waals surface area contributed by atoms with Crippen molar-refractivity contribution in [1.82, 2.24) is 9.80 Å². The summed E-state index contributed by atoms with van der Waals surface area (Å²) >= 11 is 0. The van der Waals surface area contributed by atoms with Crippen LogP contribution in [0.2, 0.25) is 0 Å². The van der Waals surface area contributed by atoms with Crippen molar-refractivity contribution < 1.29 is 28.7 Å². The molecule has 8 nitrogen and oxygen atoms in total. The molecule has 0 N–H and O–H groups in total. The summed E-state index contributed by atoms with van der Waals surface area (Å²) in [6.07, 6.45) is 15.2. The third kappa shape index (κ3) is 12.2. The van der Waals surface area contributed by atoms with E-state index in [0.29, 0.717) is 26.1 Å². The maximum Gasteiger partial charge on any atom is 0.331 e. The Morgan fingerprint density at radius 2 is 1.09 bits per heavy atom. The van der Waals surface area contributed by atoms with Crippen LogP contribution in [0.1, 0.15) is 89.9 Å². The Balaban J connectivity index is 1.38. The number of ether oxygens (including phenoxy) is 2. The number of esters is 2. The number of rotatable bonds is 16. The predicted octanol–water partition coefficient (Wildman–Crippen LogP) is 3.77. The van der Waals surface area contributed by atoms with Crippen molar-refractivity contribution in [3.05, 3.63) is 12.2 Å². The molecular weight excluding hydrogens is 436 g/mol. The van der Waals surface area contributed by atoms with E-state index >= 15 is 0 Å². The fraction of sp³-hybridized carbons (Fsp3) is 0.769. The van der Waals surface area contributed by atoms with Gasteiger partial charge in [0, 0.05) is 51.2 Å². The van der Waals surface area contributed by atoms with Gasteiger partial charge in [0.05, 0.1) is 13.2 Å². The van der Waals surface area contributed by atoms with Gasteiger partial charge in [-0.25, -0.2) is 9.59 Å². The van der Waals surface area contributed by atoms with Crippen molar-refractivity contribution in [2.24, 2.45) is 0 Å². The molecule has 192 valence electrons. The summed E-state index contributed by atoms with van der Waals surface area (Å²) in [5, 5.41) is 0. The Kier molecular flexibility index (Phi) is 14.0. The molecule has 2 saturated heterocycles. The minimum atomic E-state index is -0.539. The number of hydrogen-bond acceptors (Lipinski definition) is 6. The summed E-state index contributed by atoms with van der Waals surface area (Å²) in [5.41, 5.74) is 0. The number of amides is 2. The first-order chi connectivity index (χ1) is 16.6. The Hall–Kier alpha value is -2.38. The maximum atomic E-state index is 11.9. The van der Waals surface area contributed by atoms with Gasteiger partial charge >= 0.3 is 11.9 Å². The Morgan fingerprint density at radius 3 is 1.59 bits per heavy atom. The van der Waals surface area contributed by atoms with Crippen LogP contribution in [0.5, 0.6) is 0 Å². The number of nitrogens with zero attached hydrogens (tertiary/aromatic N) is 2. The molecule has 2 aliphatic heterocycles. The summed E-state index contributed by atoms with van der Waals surface area (Å²) in [6, 6.07) is 0. The Bertz CT molecular complexity index is 678. The van der Waals surface area contributed by atoms with Crippen LogP contribution in [0.25, 0.3) is 0 Å². The van der Waals surface area contributed by atoms with Gasteiger partial charge in [-0.3, -0.25) is 9.59 Å². The van der Waals surface area contributed by atoms with Gasteiger partial charge < -0.3 is 19.3 Å². The highest BCUT2D eigenvalue weighted by Gasteiger charge is 2.19. The molecule has 2 heterocycles. The number of carbonyl (C=O) groups is 4. The van der Waals surface area contributed by atoms with E-state index in [1.807, 2.05) is 9.80 Å². The van der Waals surface area contributed by atoms with Gasteiger partial charge in [0.25, 0.3) is 0 Å². The van der Waals surface area contributed by atoms with Crippen LogP contribution < -0.4 is 0 Å². The number of hydrogen-bond donors (Lipinski definition) is 0. The van der Waals surface area contributed by atoms with E-state index in [2.05, 4.69) is 0 Å². The summed E-state index contributed by atoms with van der Waals surface area (Å²) in [6.45, 7) is 4.06. The molecule has 0 saturated carbocycles. The largest absolute Gasteiger partial charge is 0.463 e. The Morgan fingerprint density at radius 1 is 0.618 bits per heavy atom. The van der Waals surface area contributed by atoms with E-state index in [-0.39, 0.29) is 11.8 Å². The molecule has 0 bridgehead atoms. The van der Waals surface area contributed by atoms with E-state index in [1.54, 1.807) is 0 Å². The zero-order chi connectivity index (χ0) is 24.4. The van der Waals surface area contributed by atoms with E-state index in [0.717, 1.165) is 115 Å². The van der Waals surface area contributed by atoms with Gasteiger partial charge in [-0.2, -0.15) is 0 Å². The summed E-state index contributed by atoms with van der Waals surface area (Å²) in [7, 11) is 0. The standard InChI is InChI=1S/C26H42N2O6/c29-23-13-6-5-9-19-27(23)17-7-1-3-10-21-33-25(31)15-16-26(32)34-22-11-4-2-8-18-28-20-12-14-24(28)30/h15-16H,1-14,17-22H2/b16-15-. The van der Waals surface area contributed by atoms with E-state index < -0.39 is 11.9 Å². The van der Waals surface area contributed by atoms with Crippen molar-refractivity contribution in [2.45, 2.75) is 89.9 Å². The highest BCUT2D eigenvalue weighted by atomic mass is 16.5. The van der Waals surface area contributed by atoms with E-state index in [4.69, 9.17) is 9.47 Å². The second-order valence-electron chi connectivity index (χ2n) is 9.17. The van der Waals surface area contributed by atoms with Crippen LogP contribution in [-0.2, 0) is 28.7 Å². The summed E-state index contributed by atoms with van der Waals surface area (Å²) in [4.78, 5) is 50.8. The lowest BCUT2D eigenvalue weighted by molar-refractivity contribution is -0.140. The smallest absolute Gasteiger partial charge is 0.331 e. The normalized spacial score (nSPS) is 16.8. The highest BCUT2D eigenvalue weighted by molar-refractivity contribution is 5.91. The average molecular weight is 479 g/mol. The molecule has 0 aromatic rings. The molecule has 8 heteroatoms. The molecule has 0 unspecified atom stereocenters. The first kappa shape index (κ1) is 27.9. The second kappa shape index (κ2) is 17.1. The molecule has 0 aliphatic carbocycles.